The first kappa shape index (κ1) is 22.1. The number of halogens is 2. The number of benzene rings is 1. The summed E-state index contributed by atoms with van der Waals surface area (Å²) in [7, 11) is -3.91. The number of hydrogen-bond donors (Lipinski definition) is 1. The molecular formula is C20H24F2N4O3S. The fourth-order valence-electron chi connectivity index (χ4n) is 3.34. The van der Waals surface area contributed by atoms with Crippen LogP contribution in [0.2, 0.25) is 0 Å². The molecule has 30 heavy (non-hydrogen) atoms. The van der Waals surface area contributed by atoms with Crippen LogP contribution in [-0.4, -0.2) is 35.3 Å². The van der Waals surface area contributed by atoms with E-state index in [9.17, 15) is 17.2 Å². The number of fused-ring (bicyclic) bond motifs is 1. The zero-order valence-corrected chi connectivity index (χ0v) is 17.9. The van der Waals surface area contributed by atoms with E-state index in [1.165, 1.54) is 0 Å². The number of aromatic nitrogens is 3. The SMILES string of the molecule is CCOCc1nc2c(N)nc(C)c(C)c2n1CCCS(=O)(=O)c1ccc(F)cc1F. The minimum atomic E-state index is -3.91. The molecule has 0 fully saturated rings. The Morgan fingerprint density at radius 1 is 1.20 bits per heavy atom. The summed E-state index contributed by atoms with van der Waals surface area (Å²) in [5.41, 5.74) is 9.01. The molecule has 2 N–H and O–H groups in total. The summed E-state index contributed by atoms with van der Waals surface area (Å²) in [6.45, 7) is 6.65. The lowest BCUT2D eigenvalue weighted by molar-refractivity contribution is 0.126. The zero-order valence-electron chi connectivity index (χ0n) is 17.1. The molecule has 0 amide bonds. The third kappa shape index (κ3) is 4.29. The number of nitrogens with two attached hydrogens (primary N) is 1. The van der Waals surface area contributed by atoms with E-state index >= 15 is 0 Å². The Morgan fingerprint density at radius 2 is 1.93 bits per heavy atom. The van der Waals surface area contributed by atoms with E-state index in [1.54, 1.807) is 0 Å². The Morgan fingerprint density at radius 3 is 2.60 bits per heavy atom. The highest BCUT2D eigenvalue weighted by molar-refractivity contribution is 7.91. The van der Waals surface area contributed by atoms with Gasteiger partial charge in [-0.2, -0.15) is 0 Å². The molecular weight excluding hydrogens is 414 g/mol. The summed E-state index contributed by atoms with van der Waals surface area (Å²) in [6, 6.07) is 2.45. The van der Waals surface area contributed by atoms with Crippen molar-refractivity contribution in [1.29, 1.82) is 0 Å². The van der Waals surface area contributed by atoms with Crippen molar-refractivity contribution in [1.82, 2.24) is 14.5 Å². The number of hydrogen-bond acceptors (Lipinski definition) is 6. The fourth-order valence-corrected chi connectivity index (χ4v) is 4.70. The molecule has 0 radical (unpaired) electrons. The Kier molecular flexibility index (Phi) is 6.37. The first-order chi connectivity index (χ1) is 14.2. The minimum Gasteiger partial charge on any atom is -0.382 e. The van der Waals surface area contributed by atoms with E-state index in [0.29, 0.717) is 36.4 Å². The largest absolute Gasteiger partial charge is 0.382 e. The first-order valence-corrected chi connectivity index (χ1v) is 11.2. The second-order valence-corrected chi connectivity index (χ2v) is 9.05. The quantitative estimate of drug-likeness (QED) is 0.542. The number of aryl methyl sites for hydroxylation is 3. The van der Waals surface area contributed by atoms with Crippen LogP contribution >= 0.6 is 0 Å². The van der Waals surface area contributed by atoms with Gasteiger partial charge in [-0.15, -0.1) is 0 Å². The van der Waals surface area contributed by atoms with E-state index in [4.69, 9.17) is 10.5 Å². The van der Waals surface area contributed by atoms with Gasteiger partial charge in [-0.1, -0.05) is 0 Å². The second kappa shape index (κ2) is 8.65. The van der Waals surface area contributed by atoms with Gasteiger partial charge in [-0.3, -0.25) is 0 Å². The molecule has 0 aliphatic carbocycles. The van der Waals surface area contributed by atoms with Crippen LogP contribution in [0.4, 0.5) is 14.6 Å². The summed E-state index contributed by atoms with van der Waals surface area (Å²) in [6.07, 6.45) is 0.199. The van der Waals surface area contributed by atoms with Gasteiger partial charge in [0.25, 0.3) is 0 Å². The lowest BCUT2D eigenvalue weighted by atomic mass is 10.2. The number of rotatable bonds is 8. The normalized spacial score (nSPS) is 12.0. The van der Waals surface area contributed by atoms with E-state index < -0.39 is 26.4 Å². The van der Waals surface area contributed by atoms with Gasteiger partial charge >= 0.3 is 0 Å². The highest BCUT2D eigenvalue weighted by Crippen LogP contribution is 2.27. The highest BCUT2D eigenvalue weighted by atomic mass is 32.2. The van der Waals surface area contributed by atoms with Crippen LogP contribution in [0.3, 0.4) is 0 Å². The van der Waals surface area contributed by atoms with Gasteiger partial charge in [0, 0.05) is 24.9 Å². The first-order valence-electron chi connectivity index (χ1n) is 9.53. The molecule has 0 unspecified atom stereocenters. The number of anilines is 1. The van der Waals surface area contributed by atoms with Crippen LogP contribution in [-0.2, 0) is 27.7 Å². The highest BCUT2D eigenvalue weighted by Gasteiger charge is 2.21. The van der Waals surface area contributed by atoms with Crippen molar-refractivity contribution in [3.05, 3.63) is 46.9 Å². The molecule has 0 atom stereocenters. The number of nitrogen functional groups attached to an aromatic ring is 1. The average molecular weight is 439 g/mol. The molecule has 0 aliphatic heterocycles. The predicted octanol–water partition coefficient (Wildman–Crippen LogP) is 3.31. The molecule has 3 rings (SSSR count). The minimum absolute atomic E-state index is 0.199. The zero-order chi connectivity index (χ0) is 22.1. The van der Waals surface area contributed by atoms with Crippen molar-refractivity contribution >= 4 is 26.7 Å². The Balaban J connectivity index is 1.91. The van der Waals surface area contributed by atoms with Crippen molar-refractivity contribution in [2.75, 3.05) is 18.1 Å². The monoisotopic (exact) mass is 438 g/mol. The van der Waals surface area contributed by atoms with E-state index in [0.717, 1.165) is 28.9 Å². The van der Waals surface area contributed by atoms with Crippen molar-refractivity contribution in [2.45, 2.75) is 45.2 Å². The van der Waals surface area contributed by atoms with Gasteiger partial charge < -0.3 is 15.0 Å². The van der Waals surface area contributed by atoms with Crippen LogP contribution < -0.4 is 5.73 Å². The molecule has 1 aromatic carbocycles. The molecule has 10 heteroatoms. The number of ether oxygens (including phenoxy) is 1. The third-order valence-electron chi connectivity index (χ3n) is 4.93. The van der Waals surface area contributed by atoms with Gasteiger partial charge in [0.15, 0.2) is 15.7 Å². The van der Waals surface area contributed by atoms with E-state index in [2.05, 4.69) is 9.97 Å². The third-order valence-corrected chi connectivity index (χ3v) is 6.76. The molecule has 3 aromatic rings. The van der Waals surface area contributed by atoms with Gasteiger partial charge in [-0.25, -0.2) is 27.2 Å². The van der Waals surface area contributed by atoms with Gasteiger partial charge in [-0.05, 0) is 44.9 Å². The van der Waals surface area contributed by atoms with Gasteiger partial charge in [0.2, 0.25) is 0 Å². The van der Waals surface area contributed by atoms with E-state index in [-0.39, 0.29) is 18.8 Å². The molecule has 2 aromatic heterocycles. The Hall–Kier alpha value is -2.59. The molecule has 0 saturated heterocycles. The number of sulfone groups is 1. The lowest BCUT2D eigenvalue weighted by Crippen LogP contribution is -2.13. The molecule has 7 nitrogen and oxygen atoms in total. The standard InChI is InChI=1S/C20H24F2N4O3S/c1-4-29-11-17-25-18-19(12(2)13(3)24-20(18)23)26(17)8-5-9-30(27,28)16-7-6-14(21)10-15(16)22/h6-7,10H,4-5,8-9,11H2,1-3H3,(H2,23,24). The molecule has 0 bridgehead atoms. The van der Waals surface area contributed by atoms with Crippen molar-refractivity contribution < 1.29 is 21.9 Å². The smallest absolute Gasteiger partial charge is 0.181 e. The number of pyridine rings is 1. The van der Waals surface area contributed by atoms with Crippen LogP contribution in [0.1, 0.15) is 30.4 Å². The number of imidazole rings is 1. The predicted molar refractivity (Wildman–Crippen MR) is 110 cm³/mol. The van der Waals surface area contributed by atoms with Crippen molar-refractivity contribution in [2.24, 2.45) is 0 Å². The molecule has 0 saturated carbocycles. The lowest BCUT2D eigenvalue weighted by Gasteiger charge is -2.12. The molecule has 0 spiro atoms. The Bertz CT molecular complexity index is 1190. The maximum absolute atomic E-state index is 13.9. The summed E-state index contributed by atoms with van der Waals surface area (Å²) >= 11 is 0. The maximum atomic E-state index is 13.9. The molecule has 2 heterocycles. The topological polar surface area (TPSA) is 100 Å². The van der Waals surface area contributed by atoms with Crippen LogP contribution in [0, 0.1) is 25.5 Å². The van der Waals surface area contributed by atoms with Gasteiger partial charge in [0.05, 0.1) is 11.3 Å². The van der Waals surface area contributed by atoms with Crippen molar-refractivity contribution in [3.63, 3.8) is 0 Å². The van der Waals surface area contributed by atoms with Crippen LogP contribution in [0.25, 0.3) is 11.0 Å². The fraction of sp³-hybridized carbons (Fsp3) is 0.400. The van der Waals surface area contributed by atoms with Crippen LogP contribution in [0.15, 0.2) is 23.1 Å². The number of nitrogens with zero attached hydrogens (tertiary/aromatic N) is 3. The average Bonchev–Trinajstić information content (AvgIpc) is 3.03. The maximum Gasteiger partial charge on any atom is 0.181 e. The second-order valence-electron chi connectivity index (χ2n) is 6.97. The van der Waals surface area contributed by atoms with Crippen molar-refractivity contribution in [3.8, 4) is 0 Å². The summed E-state index contributed by atoms with van der Waals surface area (Å²) in [5.74, 6) is -1.31. The summed E-state index contributed by atoms with van der Waals surface area (Å²) < 4.78 is 59.5. The molecule has 162 valence electrons. The van der Waals surface area contributed by atoms with E-state index in [1.807, 2.05) is 25.3 Å². The summed E-state index contributed by atoms with van der Waals surface area (Å²) in [4.78, 5) is 8.35. The summed E-state index contributed by atoms with van der Waals surface area (Å²) in [5, 5.41) is 0. The van der Waals surface area contributed by atoms with Crippen LogP contribution in [0.5, 0.6) is 0 Å². The van der Waals surface area contributed by atoms with Gasteiger partial charge in [0.1, 0.15) is 34.5 Å². The molecule has 0 aliphatic rings. The Labute approximate surface area is 173 Å².